The predicted octanol–water partition coefficient (Wildman–Crippen LogP) is 8.19. The lowest BCUT2D eigenvalue weighted by Crippen LogP contribution is -2.52. The van der Waals surface area contributed by atoms with Crippen molar-refractivity contribution in [3.63, 3.8) is 0 Å². The highest BCUT2D eigenvalue weighted by atomic mass is 16.2. The van der Waals surface area contributed by atoms with Crippen molar-refractivity contribution in [3.8, 4) is 0 Å². The van der Waals surface area contributed by atoms with Crippen molar-refractivity contribution >= 4 is 0 Å². The van der Waals surface area contributed by atoms with E-state index in [1.807, 2.05) is 6.08 Å². The molecule has 1 heteroatoms. The van der Waals surface area contributed by atoms with Crippen LogP contribution in [0.2, 0.25) is 0 Å². The molecule has 0 bridgehead atoms. The molecule has 1 nitrogen and oxygen atoms in total. The predicted molar refractivity (Wildman–Crippen MR) is 133 cm³/mol. The minimum atomic E-state index is 0.168. The fourth-order valence-electron chi connectivity index (χ4n) is 9.27. The van der Waals surface area contributed by atoms with Crippen molar-refractivity contribution < 1.29 is 5.11 Å². The molecule has 0 aromatic carbocycles. The summed E-state index contributed by atoms with van der Waals surface area (Å²) >= 11 is 0. The molecule has 0 aromatic heterocycles. The first-order valence-corrected chi connectivity index (χ1v) is 13.8. The van der Waals surface area contributed by atoms with Gasteiger partial charge in [0.2, 0.25) is 0 Å². The van der Waals surface area contributed by atoms with Gasteiger partial charge < -0.3 is 5.11 Å². The third kappa shape index (κ3) is 4.34. The molecule has 4 rings (SSSR count). The summed E-state index contributed by atoms with van der Waals surface area (Å²) in [6.45, 7) is 12.9. The Balaban J connectivity index is 1.46. The van der Waals surface area contributed by atoms with Gasteiger partial charge in [-0.05, 0) is 104 Å². The van der Waals surface area contributed by atoms with Gasteiger partial charge in [0.1, 0.15) is 0 Å². The number of hydrogen-bond donors (Lipinski definition) is 1. The summed E-state index contributed by atoms with van der Waals surface area (Å²) < 4.78 is 0. The molecule has 0 saturated heterocycles. The Morgan fingerprint density at radius 1 is 1.00 bits per heavy atom. The Kier molecular flexibility index (Phi) is 7.12. The number of aliphatic hydroxyl groups excluding tert-OH is 1. The molecule has 0 radical (unpaired) electrons. The van der Waals surface area contributed by atoms with Crippen LogP contribution in [0.15, 0.2) is 23.8 Å². The van der Waals surface area contributed by atoms with E-state index in [0.29, 0.717) is 10.8 Å². The van der Waals surface area contributed by atoms with Crippen LogP contribution in [0.25, 0.3) is 0 Å². The second kappa shape index (κ2) is 9.36. The highest BCUT2D eigenvalue weighted by molar-refractivity contribution is 5.25. The summed E-state index contributed by atoms with van der Waals surface area (Å²) in [7, 11) is 0. The van der Waals surface area contributed by atoms with Crippen molar-refractivity contribution in [2.24, 2.45) is 52.3 Å². The zero-order chi connectivity index (χ0) is 22.2. The Hall–Kier alpha value is -0.560. The van der Waals surface area contributed by atoms with Gasteiger partial charge in [-0.25, -0.2) is 0 Å². The number of rotatable bonds is 7. The molecular formula is C30H50O. The average Bonchev–Trinajstić information content (AvgIpc) is 3.09. The van der Waals surface area contributed by atoms with Crippen LogP contribution < -0.4 is 0 Å². The standard InChI is InChI=1S/C30H50O/c1-21(2)8-6-9-22(3)26-13-14-27-25-12-11-24-20-23(10-7-19-31)15-17-29(24,4)28(25)16-18-30(26,27)5/h7,10,15,21-22,24-28,31H,6,8-9,11-14,16-20H2,1-5H3/b10-7+/t22?,24-,25?,26?,27?,28?,29?,30?/m0/s1. The van der Waals surface area contributed by atoms with E-state index < -0.39 is 0 Å². The monoisotopic (exact) mass is 426 g/mol. The lowest BCUT2D eigenvalue weighted by Gasteiger charge is -2.60. The van der Waals surface area contributed by atoms with Crippen LogP contribution in [0, 0.1) is 52.3 Å². The van der Waals surface area contributed by atoms with E-state index in [1.165, 1.54) is 76.2 Å². The fourth-order valence-corrected chi connectivity index (χ4v) is 9.27. The fraction of sp³-hybridized carbons (Fsp3) is 0.867. The molecular weight excluding hydrogens is 376 g/mol. The molecule has 1 N–H and O–H groups in total. The van der Waals surface area contributed by atoms with Crippen LogP contribution in [0.3, 0.4) is 0 Å². The molecule has 4 aliphatic rings. The van der Waals surface area contributed by atoms with Crippen LogP contribution in [0.1, 0.15) is 105 Å². The molecule has 0 heterocycles. The number of fused-ring (bicyclic) bond motifs is 5. The topological polar surface area (TPSA) is 20.2 Å². The first-order valence-electron chi connectivity index (χ1n) is 13.8. The second-order valence-electron chi connectivity index (χ2n) is 13.0. The molecule has 0 spiro atoms. The maximum absolute atomic E-state index is 9.16. The lowest BCUT2D eigenvalue weighted by atomic mass is 9.45. The van der Waals surface area contributed by atoms with Gasteiger partial charge in [-0.3, -0.25) is 0 Å². The Bertz CT molecular complexity index is 674. The zero-order valence-electron chi connectivity index (χ0n) is 21.2. The van der Waals surface area contributed by atoms with Gasteiger partial charge in [-0.2, -0.15) is 0 Å². The minimum absolute atomic E-state index is 0.168. The molecule has 8 atom stereocenters. The third-order valence-electron chi connectivity index (χ3n) is 11.0. The van der Waals surface area contributed by atoms with Crippen molar-refractivity contribution in [1.29, 1.82) is 0 Å². The highest BCUT2D eigenvalue weighted by Gasteiger charge is 2.60. The van der Waals surface area contributed by atoms with E-state index in [9.17, 15) is 0 Å². The zero-order valence-corrected chi connectivity index (χ0v) is 21.2. The summed E-state index contributed by atoms with van der Waals surface area (Å²) in [6, 6.07) is 0. The molecule has 7 unspecified atom stereocenters. The van der Waals surface area contributed by atoms with Crippen LogP contribution in [-0.2, 0) is 0 Å². The summed E-state index contributed by atoms with van der Waals surface area (Å²) in [5, 5.41) is 9.16. The van der Waals surface area contributed by atoms with Crippen molar-refractivity contribution in [2.75, 3.05) is 6.61 Å². The van der Waals surface area contributed by atoms with Crippen molar-refractivity contribution in [1.82, 2.24) is 0 Å². The molecule has 3 fully saturated rings. The first kappa shape index (κ1) is 23.6. The maximum Gasteiger partial charge on any atom is 0.0615 e. The number of allylic oxidation sites excluding steroid dienone is 3. The average molecular weight is 427 g/mol. The first-order chi connectivity index (χ1) is 14.8. The largest absolute Gasteiger partial charge is 0.392 e. The normalized spacial score (nSPS) is 43.5. The van der Waals surface area contributed by atoms with Crippen molar-refractivity contribution in [3.05, 3.63) is 23.8 Å². The van der Waals surface area contributed by atoms with E-state index >= 15 is 0 Å². The molecule has 0 amide bonds. The molecule has 4 aliphatic carbocycles. The summed E-state index contributed by atoms with van der Waals surface area (Å²) in [6.07, 6.45) is 22.3. The van der Waals surface area contributed by atoms with Crippen molar-refractivity contribution in [2.45, 2.75) is 105 Å². The van der Waals surface area contributed by atoms with Crippen LogP contribution in [0.4, 0.5) is 0 Å². The summed E-state index contributed by atoms with van der Waals surface area (Å²) in [5.74, 6) is 6.51. The highest BCUT2D eigenvalue weighted by Crippen LogP contribution is 2.68. The summed E-state index contributed by atoms with van der Waals surface area (Å²) in [4.78, 5) is 0. The van der Waals surface area contributed by atoms with E-state index in [0.717, 1.165) is 41.4 Å². The molecule has 31 heavy (non-hydrogen) atoms. The van der Waals surface area contributed by atoms with E-state index in [2.05, 4.69) is 46.8 Å². The maximum atomic E-state index is 9.16. The second-order valence-corrected chi connectivity index (χ2v) is 13.0. The lowest BCUT2D eigenvalue weighted by molar-refractivity contribution is -0.101. The molecule has 176 valence electrons. The molecule has 0 aliphatic heterocycles. The van der Waals surface area contributed by atoms with Gasteiger partial charge in [0.25, 0.3) is 0 Å². The van der Waals surface area contributed by atoms with E-state index in [-0.39, 0.29) is 6.61 Å². The quantitative estimate of drug-likeness (QED) is 0.435. The SMILES string of the molecule is CC(C)CCCC(C)C1CCC2C3CC[C@H]4CC(/C=C/CO)=CCC4(C)C3CCC12C. The van der Waals surface area contributed by atoms with Gasteiger partial charge >= 0.3 is 0 Å². The van der Waals surface area contributed by atoms with Crippen LogP contribution in [-0.4, -0.2) is 11.7 Å². The van der Waals surface area contributed by atoms with E-state index in [4.69, 9.17) is 5.11 Å². The van der Waals surface area contributed by atoms with Gasteiger partial charge in [0.15, 0.2) is 0 Å². The summed E-state index contributed by atoms with van der Waals surface area (Å²) in [5.41, 5.74) is 2.61. The smallest absolute Gasteiger partial charge is 0.0615 e. The van der Waals surface area contributed by atoms with Gasteiger partial charge in [0.05, 0.1) is 6.61 Å². The Morgan fingerprint density at radius 3 is 2.52 bits per heavy atom. The third-order valence-corrected chi connectivity index (χ3v) is 11.0. The van der Waals surface area contributed by atoms with Gasteiger partial charge in [-0.15, -0.1) is 0 Å². The number of hydrogen-bond acceptors (Lipinski definition) is 1. The molecule has 3 saturated carbocycles. The van der Waals surface area contributed by atoms with Gasteiger partial charge in [0, 0.05) is 0 Å². The Labute approximate surface area is 193 Å². The minimum Gasteiger partial charge on any atom is -0.392 e. The Morgan fingerprint density at radius 2 is 1.77 bits per heavy atom. The van der Waals surface area contributed by atoms with Crippen LogP contribution in [0.5, 0.6) is 0 Å². The van der Waals surface area contributed by atoms with Gasteiger partial charge in [-0.1, -0.05) is 77.7 Å². The van der Waals surface area contributed by atoms with Crippen LogP contribution >= 0.6 is 0 Å². The number of aliphatic hydroxyl groups is 1. The van der Waals surface area contributed by atoms with E-state index in [1.54, 1.807) is 0 Å². The molecule has 0 aromatic rings.